The van der Waals surface area contributed by atoms with Gasteiger partial charge in [-0.25, -0.2) is 4.98 Å². The first-order chi connectivity index (χ1) is 13.3. The van der Waals surface area contributed by atoms with Crippen molar-refractivity contribution in [3.8, 4) is 11.3 Å². The van der Waals surface area contributed by atoms with E-state index in [2.05, 4.69) is 20.6 Å². The molecule has 0 aliphatic carbocycles. The smallest absolute Gasteiger partial charge is 0.418 e. The van der Waals surface area contributed by atoms with Crippen molar-refractivity contribution in [1.29, 1.82) is 0 Å². The fourth-order valence-corrected chi connectivity index (χ4v) is 2.48. The molecule has 9 heteroatoms. The summed E-state index contributed by atoms with van der Waals surface area (Å²) in [6.45, 7) is -0.434. The minimum atomic E-state index is -4.54. The van der Waals surface area contributed by atoms with E-state index >= 15 is 0 Å². The van der Waals surface area contributed by atoms with Gasteiger partial charge in [-0.05, 0) is 12.1 Å². The molecule has 3 aromatic rings. The van der Waals surface area contributed by atoms with Crippen LogP contribution in [0.2, 0.25) is 0 Å². The second kappa shape index (κ2) is 7.95. The van der Waals surface area contributed by atoms with Crippen LogP contribution < -0.4 is 10.6 Å². The third kappa shape index (κ3) is 4.76. The Morgan fingerprint density at radius 3 is 2.36 bits per heavy atom. The van der Waals surface area contributed by atoms with E-state index in [1.807, 2.05) is 6.07 Å². The predicted molar refractivity (Wildman–Crippen MR) is 98.3 cm³/mol. The lowest BCUT2D eigenvalue weighted by Gasteiger charge is -2.15. The second-order valence-electron chi connectivity index (χ2n) is 5.74. The van der Waals surface area contributed by atoms with Crippen molar-refractivity contribution in [3.05, 3.63) is 66.2 Å². The Balaban J connectivity index is 2.01. The maximum absolute atomic E-state index is 13.2. The molecule has 3 rings (SSSR count). The third-order valence-electron chi connectivity index (χ3n) is 3.69. The number of aliphatic carboxylic acids is 1. The number of carboxylic acids is 1. The van der Waals surface area contributed by atoms with Gasteiger partial charge in [0.1, 0.15) is 12.4 Å². The summed E-state index contributed by atoms with van der Waals surface area (Å²) in [6.07, 6.45) is -4.54. The summed E-state index contributed by atoms with van der Waals surface area (Å²) < 4.78 is 39.7. The van der Waals surface area contributed by atoms with Crippen LogP contribution in [0.3, 0.4) is 0 Å². The maximum Gasteiger partial charge on any atom is 0.418 e. The number of nitrogens with zero attached hydrogens (tertiary/aromatic N) is 2. The number of halogens is 3. The van der Waals surface area contributed by atoms with Gasteiger partial charge >= 0.3 is 12.1 Å². The van der Waals surface area contributed by atoms with Crippen molar-refractivity contribution in [2.24, 2.45) is 0 Å². The molecule has 0 saturated heterocycles. The molecule has 0 amide bonds. The molecule has 0 unspecified atom stereocenters. The predicted octanol–water partition coefficient (Wildman–Crippen LogP) is 4.40. The standard InChI is InChI=1S/C19H15F3N4O2/c20-19(21,22)13-8-4-5-9-14(13)24-16-10-15(12-6-2-1-3-7-12)25-18(26-16)23-11-17(27)28/h1-10H,11H2,(H,27,28)(H2,23,24,25,26). The zero-order valence-electron chi connectivity index (χ0n) is 14.4. The molecule has 0 spiro atoms. The summed E-state index contributed by atoms with van der Waals surface area (Å²) in [7, 11) is 0. The first-order valence-corrected chi connectivity index (χ1v) is 8.16. The van der Waals surface area contributed by atoms with E-state index < -0.39 is 24.3 Å². The fourth-order valence-electron chi connectivity index (χ4n) is 2.48. The Morgan fingerprint density at radius 2 is 1.68 bits per heavy atom. The number of carboxylic acid groups (broad SMARTS) is 1. The Labute approximate surface area is 158 Å². The Morgan fingerprint density at radius 1 is 1.00 bits per heavy atom. The molecule has 0 bridgehead atoms. The summed E-state index contributed by atoms with van der Waals surface area (Å²) in [5.74, 6) is -1.04. The summed E-state index contributed by atoms with van der Waals surface area (Å²) in [6, 6.07) is 15.4. The molecule has 0 saturated carbocycles. The van der Waals surface area contributed by atoms with Gasteiger partial charge in [0.05, 0.1) is 16.9 Å². The van der Waals surface area contributed by atoms with E-state index in [1.165, 1.54) is 24.3 Å². The van der Waals surface area contributed by atoms with Crippen molar-refractivity contribution < 1.29 is 23.1 Å². The number of anilines is 3. The van der Waals surface area contributed by atoms with Crippen LogP contribution in [0.5, 0.6) is 0 Å². The number of nitrogens with one attached hydrogen (secondary N) is 2. The first-order valence-electron chi connectivity index (χ1n) is 8.16. The minimum absolute atomic E-state index is 0.0178. The lowest BCUT2D eigenvalue weighted by molar-refractivity contribution is -0.137. The number of hydrogen-bond donors (Lipinski definition) is 3. The molecule has 1 aromatic heterocycles. The van der Waals surface area contributed by atoms with Crippen LogP contribution in [0.25, 0.3) is 11.3 Å². The summed E-state index contributed by atoms with van der Waals surface area (Å²) >= 11 is 0. The quantitative estimate of drug-likeness (QED) is 0.580. The Kier molecular flexibility index (Phi) is 5.44. The fraction of sp³-hybridized carbons (Fsp3) is 0.105. The number of rotatable bonds is 6. The van der Waals surface area contributed by atoms with Crippen LogP contribution in [-0.4, -0.2) is 27.6 Å². The molecule has 0 aliphatic rings. The zero-order chi connectivity index (χ0) is 20.1. The van der Waals surface area contributed by atoms with Crippen LogP contribution in [-0.2, 0) is 11.0 Å². The van der Waals surface area contributed by atoms with Crippen molar-refractivity contribution in [2.45, 2.75) is 6.18 Å². The number of benzene rings is 2. The van der Waals surface area contributed by atoms with E-state index in [0.717, 1.165) is 6.07 Å². The lowest BCUT2D eigenvalue weighted by atomic mass is 10.1. The highest BCUT2D eigenvalue weighted by Crippen LogP contribution is 2.36. The molecule has 28 heavy (non-hydrogen) atoms. The van der Waals surface area contributed by atoms with Crippen LogP contribution in [0, 0.1) is 0 Å². The molecule has 3 N–H and O–H groups in total. The molecule has 6 nitrogen and oxygen atoms in total. The van der Waals surface area contributed by atoms with Gasteiger partial charge in [0.2, 0.25) is 5.95 Å². The van der Waals surface area contributed by atoms with E-state index in [0.29, 0.717) is 11.3 Å². The van der Waals surface area contributed by atoms with Gasteiger partial charge in [-0.15, -0.1) is 0 Å². The number of hydrogen-bond acceptors (Lipinski definition) is 5. The summed E-state index contributed by atoms with van der Waals surface area (Å²) in [5, 5.41) is 14.0. The second-order valence-corrected chi connectivity index (χ2v) is 5.74. The van der Waals surface area contributed by atoms with Crippen molar-refractivity contribution in [2.75, 3.05) is 17.2 Å². The number of alkyl halides is 3. The van der Waals surface area contributed by atoms with Gasteiger partial charge in [-0.2, -0.15) is 18.2 Å². The monoisotopic (exact) mass is 388 g/mol. The van der Waals surface area contributed by atoms with Gasteiger partial charge in [0.15, 0.2) is 0 Å². The van der Waals surface area contributed by atoms with Gasteiger partial charge in [-0.3, -0.25) is 4.79 Å². The third-order valence-corrected chi connectivity index (χ3v) is 3.69. The van der Waals surface area contributed by atoms with E-state index in [1.54, 1.807) is 24.3 Å². The van der Waals surface area contributed by atoms with E-state index in [-0.39, 0.29) is 17.5 Å². The zero-order valence-corrected chi connectivity index (χ0v) is 14.4. The first kappa shape index (κ1) is 19.2. The SMILES string of the molecule is O=C(O)CNc1nc(Nc2ccccc2C(F)(F)F)cc(-c2ccccc2)n1. The van der Waals surface area contributed by atoms with Crippen LogP contribution in [0.15, 0.2) is 60.7 Å². The van der Waals surface area contributed by atoms with E-state index in [9.17, 15) is 18.0 Å². The van der Waals surface area contributed by atoms with Gasteiger partial charge in [0.25, 0.3) is 0 Å². The molecule has 2 aromatic carbocycles. The average molecular weight is 388 g/mol. The van der Waals surface area contributed by atoms with E-state index in [4.69, 9.17) is 5.11 Å². The largest absolute Gasteiger partial charge is 0.480 e. The summed E-state index contributed by atoms with van der Waals surface area (Å²) in [5.41, 5.74) is 0.123. The van der Waals surface area contributed by atoms with Crippen LogP contribution >= 0.6 is 0 Å². The highest BCUT2D eigenvalue weighted by atomic mass is 19.4. The van der Waals surface area contributed by atoms with Crippen molar-refractivity contribution in [3.63, 3.8) is 0 Å². The molecular formula is C19H15F3N4O2. The maximum atomic E-state index is 13.2. The molecule has 0 radical (unpaired) electrons. The number of aromatic nitrogens is 2. The number of carbonyl (C=O) groups is 1. The highest BCUT2D eigenvalue weighted by Gasteiger charge is 2.33. The summed E-state index contributed by atoms with van der Waals surface area (Å²) in [4.78, 5) is 19.1. The normalized spacial score (nSPS) is 11.1. The minimum Gasteiger partial charge on any atom is -0.480 e. The Bertz CT molecular complexity index is 978. The van der Waals surface area contributed by atoms with Gasteiger partial charge < -0.3 is 15.7 Å². The van der Waals surface area contributed by atoms with Gasteiger partial charge in [-0.1, -0.05) is 42.5 Å². The lowest BCUT2D eigenvalue weighted by Crippen LogP contribution is -2.15. The highest BCUT2D eigenvalue weighted by molar-refractivity contribution is 5.73. The van der Waals surface area contributed by atoms with Crippen molar-refractivity contribution >= 4 is 23.4 Å². The van der Waals surface area contributed by atoms with Crippen LogP contribution in [0.1, 0.15) is 5.56 Å². The molecule has 0 aliphatic heterocycles. The molecule has 0 atom stereocenters. The van der Waals surface area contributed by atoms with Crippen molar-refractivity contribution in [1.82, 2.24) is 9.97 Å². The molecular weight excluding hydrogens is 373 g/mol. The average Bonchev–Trinajstić information content (AvgIpc) is 2.66. The topological polar surface area (TPSA) is 87.1 Å². The molecule has 0 fully saturated rings. The molecule has 1 heterocycles. The van der Waals surface area contributed by atoms with Gasteiger partial charge in [0, 0.05) is 11.6 Å². The number of para-hydroxylation sites is 1. The Hall–Kier alpha value is -3.62. The van der Waals surface area contributed by atoms with Crippen LogP contribution in [0.4, 0.5) is 30.6 Å². The molecule has 144 valence electrons.